The number of primary amides is 1. The maximum absolute atomic E-state index is 12.2. The standard InChI is InChI=1S/C17H15N3O5/c1-25-14-7-5-12(6-8-14)17(22)19-15(16(18)21)10-11-3-2-4-13(9-11)20(23)24/h2-10H,1H3,(H2,18,21)(H,19,22)/b15-10+. The van der Waals surface area contributed by atoms with E-state index < -0.39 is 16.7 Å². The molecule has 0 aliphatic carbocycles. The number of non-ortho nitro benzene ring substituents is 1. The van der Waals surface area contributed by atoms with Crippen molar-refractivity contribution in [1.29, 1.82) is 0 Å². The van der Waals surface area contributed by atoms with Crippen molar-refractivity contribution in [2.45, 2.75) is 0 Å². The van der Waals surface area contributed by atoms with Crippen LogP contribution in [0.2, 0.25) is 0 Å². The number of nitro groups is 1. The molecule has 0 saturated heterocycles. The number of methoxy groups -OCH3 is 1. The predicted molar refractivity (Wildman–Crippen MR) is 90.7 cm³/mol. The first-order chi connectivity index (χ1) is 11.9. The van der Waals surface area contributed by atoms with Gasteiger partial charge in [0.2, 0.25) is 0 Å². The van der Waals surface area contributed by atoms with E-state index in [1.165, 1.54) is 43.5 Å². The Morgan fingerprint density at radius 2 is 1.88 bits per heavy atom. The Morgan fingerprint density at radius 3 is 2.44 bits per heavy atom. The maximum Gasteiger partial charge on any atom is 0.270 e. The molecule has 0 bridgehead atoms. The zero-order valence-electron chi connectivity index (χ0n) is 13.3. The number of hydrogen-bond donors (Lipinski definition) is 2. The summed E-state index contributed by atoms with van der Waals surface area (Å²) in [6, 6.07) is 11.9. The van der Waals surface area contributed by atoms with Crippen molar-refractivity contribution in [2.75, 3.05) is 7.11 Å². The molecule has 8 nitrogen and oxygen atoms in total. The van der Waals surface area contributed by atoms with Gasteiger partial charge in [0, 0.05) is 17.7 Å². The van der Waals surface area contributed by atoms with Crippen LogP contribution in [0.15, 0.2) is 54.2 Å². The van der Waals surface area contributed by atoms with E-state index in [9.17, 15) is 19.7 Å². The van der Waals surface area contributed by atoms with Gasteiger partial charge in [0.15, 0.2) is 0 Å². The van der Waals surface area contributed by atoms with Gasteiger partial charge in [-0.15, -0.1) is 0 Å². The summed E-state index contributed by atoms with van der Waals surface area (Å²) in [6.07, 6.45) is 1.27. The molecule has 2 aromatic carbocycles. The molecule has 0 aromatic heterocycles. The number of nitrogens with zero attached hydrogens (tertiary/aromatic N) is 1. The van der Waals surface area contributed by atoms with Crippen LogP contribution < -0.4 is 15.8 Å². The Kier molecular flexibility index (Phi) is 5.47. The Hall–Kier alpha value is -3.68. The molecule has 2 amide bonds. The van der Waals surface area contributed by atoms with Crippen LogP contribution in [0.5, 0.6) is 5.75 Å². The lowest BCUT2D eigenvalue weighted by molar-refractivity contribution is -0.384. The largest absolute Gasteiger partial charge is 0.497 e. The number of carbonyl (C=O) groups is 2. The smallest absolute Gasteiger partial charge is 0.270 e. The summed E-state index contributed by atoms with van der Waals surface area (Å²) in [5.41, 5.74) is 5.62. The van der Waals surface area contributed by atoms with E-state index in [1.54, 1.807) is 18.2 Å². The molecule has 2 rings (SSSR count). The lowest BCUT2D eigenvalue weighted by Crippen LogP contribution is -2.31. The number of ether oxygens (including phenoxy) is 1. The van der Waals surface area contributed by atoms with Gasteiger partial charge in [0.1, 0.15) is 11.4 Å². The number of carbonyl (C=O) groups excluding carboxylic acids is 2. The van der Waals surface area contributed by atoms with Crippen LogP contribution in [0.4, 0.5) is 5.69 Å². The lowest BCUT2D eigenvalue weighted by Gasteiger charge is -2.08. The van der Waals surface area contributed by atoms with Crippen molar-refractivity contribution in [3.05, 3.63) is 75.5 Å². The predicted octanol–water partition coefficient (Wildman–Crippen LogP) is 1.86. The van der Waals surface area contributed by atoms with Crippen LogP contribution in [0, 0.1) is 10.1 Å². The molecule has 25 heavy (non-hydrogen) atoms. The van der Waals surface area contributed by atoms with E-state index in [0.717, 1.165) is 0 Å². The van der Waals surface area contributed by atoms with Gasteiger partial charge in [0.05, 0.1) is 12.0 Å². The van der Waals surface area contributed by atoms with Crippen LogP contribution in [0.3, 0.4) is 0 Å². The molecule has 0 spiro atoms. The number of rotatable bonds is 6. The molecule has 2 aromatic rings. The summed E-state index contributed by atoms with van der Waals surface area (Å²) in [7, 11) is 1.50. The third-order valence-corrected chi connectivity index (χ3v) is 3.26. The Balaban J connectivity index is 2.25. The molecule has 0 fully saturated rings. The van der Waals surface area contributed by atoms with Crippen molar-refractivity contribution >= 4 is 23.6 Å². The van der Waals surface area contributed by atoms with Crippen LogP contribution in [0.25, 0.3) is 6.08 Å². The first kappa shape index (κ1) is 17.7. The Bertz CT molecular complexity index is 844. The summed E-state index contributed by atoms with van der Waals surface area (Å²) in [4.78, 5) is 34.0. The van der Waals surface area contributed by atoms with Gasteiger partial charge in [-0.2, -0.15) is 0 Å². The third kappa shape index (κ3) is 4.64. The molecular weight excluding hydrogens is 326 g/mol. The van der Waals surface area contributed by atoms with Crippen molar-refractivity contribution in [3.63, 3.8) is 0 Å². The second-order valence-corrected chi connectivity index (χ2v) is 4.96. The van der Waals surface area contributed by atoms with E-state index in [2.05, 4.69) is 5.32 Å². The minimum Gasteiger partial charge on any atom is -0.497 e. The molecule has 8 heteroatoms. The molecule has 0 atom stereocenters. The molecule has 0 radical (unpaired) electrons. The van der Waals surface area contributed by atoms with Gasteiger partial charge in [-0.3, -0.25) is 19.7 Å². The summed E-state index contributed by atoms with van der Waals surface area (Å²) in [5.74, 6) is -0.828. The van der Waals surface area contributed by atoms with Gasteiger partial charge < -0.3 is 15.8 Å². The maximum atomic E-state index is 12.2. The molecule has 0 heterocycles. The fourth-order valence-corrected chi connectivity index (χ4v) is 2.00. The monoisotopic (exact) mass is 341 g/mol. The third-order valence-electron chi connectivity index (χ3n) is 3.26. The highest BCUT2D eigenvalue weighted by Gasteiger charge is 2.13. The Morgan fingerprint density at radius 1 is 1.20 bits per heavy atom. The van der Waals surface area contributed by atoms with Crippen LogP contribution in [-0.4, -0.2) is 23.8 Å². The molecule has 0 unspecified atom stereocenters. The van der Waals surface area contributed by atoms with Gasteiger partial charge in [-0.05, 0) is 35.9 Å². The second kappa shape index (κ2) is 7.73. The topological polar surface area (TPSA) is 125 Å². The number of nitrogens with two attached hydrogens (primary N) is 1. The average molecular weight is 341 g/mol. The summed E-state index contributed by atoms with van der Waals surface area (Å²) in [5, 5.41) is 13.2. The van der Waals surface area contributed by atoms with Crippen LogP contribution in [-0.2, 0) is 4.79 Å². The van der Waals surface area contributed by atoms with Gasteiger partial charge in [-0.25, -0.2) is 0 Å². The fraction of sp³-hybridized carbons (Fsp3) is 0.0588. The highest BCUT2D eigenvalue weighted by atomic mass is 16.6. The number of nitrogens with one attached hydrogen (secondary N) is 1. The lowest BCUT2D eigenvalue weighted by atomic mass is 10.1. The van der Waals surface area contributed by atoms with Crippen molar-refractivity contribution in [2.24, 2.45) is 5.73 Å². The number of benzene rings is 2. The SMILES string of the molecule is COc1ccc(C(=O)N/C(=C/c2cccc([N+](=O)[O-])c2)C(N)=O)cc1. The van der Waals surface area contributed by atoms with E-state index in [4.69, 9.17) is 10.5 Å². The van der Waals surface area contributed by atoms with Crippen molar-refractivity contribution in [3.8, 4) is 5.75 Å². The van der Waals surface area contributed by atoms with E-state index in [-0.39, 0.29) is 11.4 Å². The highest BCUT2D eigenvalue weighted by molar-refractivity contribution is 6.04. The molecule has 3 N–H and O–H groups in total. The zero-order valence-corrected chi connectivity index (χ0v) is 13.3. The normalized spacial score (nSPS) is 10.8. The van der Waals surface area contributed by atoms with Crippen molar-refractivity contribution < 1.29 is 19.2 Å². The number of nitro benzene ring substituents is 1. The second-order valence-electron chi connectivity index (χ2n) is 4.96. The number of hydrogen-bond acceptors (Lipinski definition) is 5. The van der Waals surface area contributed by atoms with E-state index in [0.29, 0.717) is 16.9 Å². The Labute approximate surface area is 143 Å². The quantitative estimate of drug-likeness (QED) is 0.471. The van der Waals surface area contributed by atoms with Gasteiger partial charge in [-0.1, -0.05) is 12.1 Å². The van der Waals surface area contributed by atoms with Crippen LogP contribution >= 0.6 is 0 Å². The fourth-order valence-electron chi connectivity index (χ4n) is 2.00. The summed E-state index contributed by atoms with van der Waals surface area (Å²) in [6.45, 7) is 0. The molecule has 128 valence electrons. The minimum absolute atomic E-state index is 0.140. The van der Waals surface area contributed by atoms with Crippen molar-refractivity contribution in [1.82, 2.24) is 5.32 Å². The number of amides is 2. The van der Waals surface area contributed by atoms with E-state index >= 15 is 0 Å². The zero-order chi connectivity index (χ0) is 18.4. The average Bonchev–Trinajstić information content (AvgIpc) is 2.61. The summed E-state index contributed by atoms with van der Waals surface area (Å²) >= 11 is 0. The minimum atomic E-state index is -0.867. The summed E-state index contributed by atoms with van der Waals surface area (Å²) < 4.78 is 5.01. The van der Waals surface area contributed by atoms with Gasteiger partial charge in [0.25, 0.3) is 17.5 Å². The van der Waals surface area contributed by atoms with Crippen LogP contribution in [0.1, 0.15) is 15.9 Å². The van der Waals surface area contributed by atoms with E-state index in [1.807, 2.05) is 0 Å². The first-order valence-corrected chi connectivity index (χ1v) is 7.12. The van der Waals surface area contributed by atoms with Gasteiger partial charge >= 0.3 is 0 Å². The molecular formula is C17H15N3O5. The molecule has 0 aliphatic rings. The highest BCUT2D eigenvalue weighted by Crippen LogP contribution is 2.16. The molecule has 0 saturated carbocycles. The first-order valence-electron chi connectivity index (χ1n) is 7.12. The molecule has 0 aliphatic heterocycles.